The van der Waals surface area contributed by atoms with E-state index in [4.69, 9.17) is 47.4 Å². The van der Waals surface area contributed by atoms with E-state index in [0.717, 1.165) is 12.2 Å². The van der Waals surface area contributed by atoms with Gasteiger partial charge in [-0.15, -0.1) is 0 Å². The van der Waals surface area contributed by atoms with Crippen LogP contribution in [0.25, 0.3) is 0 Å². The number of hydrogen-bond donors (Lipinski definition) is 0. The van der Waals surface area contributed by atoms with Crippen LogP contribution < -0.4 is 37.9 Å². The van der Waals surface area contributed by atoms with Gasteiger partial charge >= 0.3 is 23.9 Å². The normalized spacial score (nSPS) is 10.3. The number of esters is 4. The Morgan fingerprint density at radius 2 is 0.943 bits per heavy atom. The second kappa shape index (κ2) is 21.2. The Bertz CT molecular complexity index is 1710. The van der Waals surface area contributed by atoms with Gasteiger partial charge < -0.3 is 47.4 Å². The summed E-state index contributed by atoms with van der Waals surface area (Å²) in [5, 5.41) is 0. The molecule has 284 valence electrons. The number of rotatable bonds is 22. The molecule has 0 heterocycles. The maximum Gasteiger partial charge on any atom is 0.343 e. The maximum absolute atomic E-state index is 13.2. The van der Waals surface area contributed by atoms with E-state index in [2.05, 4.69) is 13.2 Å². The molecule has 0 aromatic heterocycles. The molecule has 0 saturated heterocycles. The summed E-state index contributed by atoms with van der Waals surface area (Å²) in [6, 6.07) is 10.4. The zero-order valence-corrected chi connectivity index (χ0v) is 30.5. The minimum Gasteiger partial charge on any atom is -0.493 e. The zero-order valence-electron chi connectivity index (χ0n) is 30.5. The molecule has 0 radical (unpaired) electrons. The van der Waals surface area contributed by atoms with Gasteiger partial charge in [0.05, 0.1) is 66.0 Å². The molecule has 14 nitrogen and oxygen atoms in total. The summed E-state index contributed by atoms with van der Waals surface area (Å²) >= 11 is 0. The lowest BCUT2D eigenvalue weighted by atomic mass is 10.1. The number of carbonyl (C=O) groups is 4. The van der Waals surface area contributed by atoms with Gasteiger partial charge in [-0.2, -0.15) is 0 Å². The maximum atomic E-state index is 13.2. The van der Waals surface area contributed by atoms with Crippen LogP contribution in [0.1, 0.15) is 52.0 Å². The molecule has 0 spiro atoms. The molecule has 3 aromatic rings. The van der Waals surface area contributed by atoms with Crippen LogP contribution in [0, 0.1) is 6.92 Å². The molecule has 53 heavy (non-hydrogen) atoms. The number of unbranched alkanes of at least 4 members (excludes halogenated alkanes) is 2. The predicted octanol–water partition coefficient (Wildman–Crippen LogP) is 6.24. The number of hydrogen-bond acceptors (Lipinski definition) is 14. The Kier molecular flexibility index (Phi) is 16.5. The lowest BCUT2D eigenvalue weighted by Crippen LogP contribution is -2.12. The van der Waals surface area contributed by atoms with Gasteiger partial charge in [0.15, 0.2) is 23.0 Å². The molecule has 3 aromatic carbocycles. The van der Waals surface area contributed by atoms with Crippen molar-refractivity contribution in [2.24, 2.45) is 0 Å². The summed E-state index contributed by atoms with van der Waals surface area (Å²) < 4.78 is 54.7. The van der Waals surface area contributed by atoms with E-state index in [-0.39, 0.29) is 72.1 Å². The lowest BCUT2D eigenvalue weighted by Gasteiger charge is -2.16. The molecule has 0 saturated carbocycles. The SMILES string of the molecule is C=CC(=O)OCCCCOc1c(OC)cc(C(=O)Oc2ccc(OC(=O)c3cc(OC)c(OCCCCOC(=O)C=C)c(OC)c3)c(C)c2)cc1OC. The average molecular weight is 737 g/mol. The fraction of sp³-hybridized carbons (Fsp3) is 0.333. The van der Waals surface area contributed by atoms with Crippen molar-refractivity contribution in [3.05, 3.63) is 84.5 Å². The number of aryl methyl sites for hydroxylation is 1. The number of carbonyl (C=O) groups excluding carboxylic acids is 4. The highest BCUT2D eigenvalue weighted by atomic mass is 16.6. The first-order valence-electron chi connectivity index (χ1n) is 16.5. The smallest absolute Gasteiger partial charge is 0.343 e. The summed E-state index contributed by atoms with van der Waals surface area (Å²) in [4.78, 5) is 48.7. The Morgan fingerprint density at radius 1 is 0.547 bits per heavy atom. The Balaban J connectivity index is 1.64. The van der Waals surface area contributed by atoms with Crippen LogP contribution in [0.2, 0.25) is 0 Å². The average Bonchev–Trinajstić information content (AvgIpc) is 3.17. The molecule has 0 aliphatic heterocycles. The van der Waals surface area contributed by atoms with Crippen molar-refractivity contribution in [3.63, 3.8) is 0 Å². The molecule has 0 amide bonds. The van der Waals surface area contributed by atoms with Gasteiger partial charge in [-0.25, -0.2) is 19.2 Å². The van der Waals surface area contributed by atoms with Crippen molar-refractivity contribution >= 4 is 23.9 Å². The van der Waals surface area contributed by atoms with Crippen LogP contribution in [-0.2, 0) is 19.1 Å². The Hall–Kier alpha value is -6.18. The summed E-state index contributed by atoms with van der Waals surface area (Å²) in [5.74, 6) is -0.318. The molecule has 0 bridgehead atoms. The molecule has 0 fully saturated rings. The summed E-state index contributed by atoms with van der Waals surface area (Å²) in [7, 11) is 5.72. The zero-order chi connectivity index (χ0) is 38.8. The Morgan fingerprint density at radius 3 is 1.32 bits per heavy atom. The first-order chi connectivity index (χ1) is 25.6. The molecule has 0 aliphatic rings. The minimum atomic E-state index is -0.695. The van der Waals surface area contributed by atoms with Gasteiger partial charge in [0, 0.05) is 12.2 Å². The third-order valence-corrected chi connectivity index (χ3v) is 7.34. The number of methoxy groups -OCH3 is 4. The largest absolute Gasteiger partial charge is 0.493 e. The molecule has 14 heteroatoms. The van der Waals surface area contributed by atoms with Crippen molar-refractivity contribution < 1.29 is 66.5 Å². The molecule has 0 atom stereocenters. The van der Waals surface area contributed by atoms with Crippen LogP contribution >= 0.6 is 0 Å². The molecule has 0 aliphatic carbocycles. The van der Waals surface area contributed by atoms with Crippen molar-refractivity contribution in [1.29, 1.82) is 0 Å². The minimum absolute atomic E-state index is 0.139. The summed E-state index contributed by atoms with van der Waals surface area (Å²) in [5.41, 5.74) is 0.793. The fourth-order valence-corrected chi connectivity index (χ4v) is 4.62. The molecular weight excluding hydrogens is 692 g/mol. The molecular formula is C39H44O14. The van der Waals surface area contributed by atoms with E-state index in [9.17, 15) is 19.2 Å². The molecule has 3 rings (SSSR count). The molecule has 0 unspecified atom stereocenters. The second-order valence-corrected chi connectivity index (χ2v) is 11.0. The third kappa shape index (κ3) is 12.2. The van der Waals surface area contributed by atoms with Gasteiger partial charge in [0.2, 0.25) is 11.5 Å². The van der Waals surface area contributed by atoms with Gasteiger partial charge in [0.25, 0.3) is 0 Å². The van der Waals surface area contributed by atoms with E-state index in [1.807, 2.05) is 0 Å². The lowest BCUT2D eigenvalue weighted by molar-refractivity contribution is -0.138. The highest BCUT2D eigenvalue weighted by Crippen LogP contribution is 2.40. The van der Waals surface area contributed by atoms with Crippen LogP contribution in [0.4, 0.5) is 0 Å². The summed E-state index contributed by atoms with van der Waals surface area (Å²) in [6.07, 6.45) is 4.49. The monoisotopic (exact) mass is 736 g/mol. The molecule has 0 N–H and O–H groups in total. The first kappa shape index (κ1) is 41.2. The predicted molar refractivity (Wildman–Crippen MR) is 192 cm³/mol. The fourth-order valence-electron chi connectivity index (χ4n) is 4.62. The standard InChI is InChI=1S/C39H44O14/c1-8-34(40)48-16-10-12-18-50-36-30(44-4)21-26(22-31(36)45-5)38(42)52-28-14-15-29(25(3)20-28)53-39(43)27-23-32(46-6)37(33(24-27)47-7)51-19-13-11-17-49-35(41)9-2/h8-9,14-15,20-24H,1-2,10-13,16-19H2,3-7H3. The van der Waals surface area contributed by atoms with Gasteiger partial charge in [0.1, 0.15) is 11.5 Å². The number of benzene rings is 3. The van der Waals surface area contributed by atoms with Gasteiger partial charge in [-0.3, -0.25) is 0 Å². The van der Waals surface area contributed by atoms with E-state index >= 15 is 0 Å². The number of ether oxygens (including phenoxy) is 10. The third-order valence-electron chi connectivity index (χ3n) is 7.34. The van der Waals surface area contributed by atoms with E-state index in [1.165, 1.54) is 64.8 Å². The van der Waals surface area contributed by atoms with Gasteiger partial charge in [-0.05, 0) is 80.6 Å². The van der Waals surface area contributed by atoms with E-state index in [0.29, 0.717) is 42.7 Å². The first-order valence-corrected chi connectivity index (χ1v) is 16.5. The quantitative estimate of drug-likeness (QED) is 0.0493. The van der Waals surface area contributed by atoms with Crippen LogP contribution in [0.15, 0.2) is 67.8 Å². The highest BCUT2D eigenvalue weighted by Gasteiger charge is 2.22. The van der Waals surface area contributed by atoms with Crippen LogP contribution in [0.5, 0.6) is 46.0 Å². The topological polar surface area (TPSA) is 161 Å². The van der Waals surface area contributed by atoms with Gasteiger partial charge in [-0.1, -0.05) is 13.2 Å². The Labute approximate surface area is 308 Å². The second-order valence-electron chi connectivity index (χ2n) is 11.0. The van der Waals surface area contributed by atoms with E-state index < -0.39 is 23.9 Å². The van der Waals surface area contributed by atoms with Crippen molar-refractivity contribution in [2.75, 3.05) is 54.9 Å². The van der Waals surface area contributed by atoms with Crippen molar-refractivity contribution in [3.8, 4) is 46.0 Å². The van der Waals surface area contributed by atoms with Crippen molar-refractivity contribution in [2.45, 2.75) is 32.6 Å². The van der Waals surface area contributed by atoms with Crippen LogP contribution in [0.3, 0.4) is 0 Å². The summed E-state index contributed by atoms with van der Waals surface area (Å²) in [6.45, 7) is 9.41. The van der Waals surface area contributed by atoms with Crippen LogP contribution in [-0.4, -0.2) is 78.7 Å². The van der Waals surface area contributed by atoms with E-state index in [1.54, 1.807) is 13.0 Å². The van der Waals surface area contributed by atoms with Crippen molar-refractivity contribution in [1.82, 2.24) is 0 Å². The highest BCUT2D eigenvalue weighted by molar-refractivity contribution is 5.94.